The van der Waals surface area contributed by atoms with Crippen molar-refractivity contribution >= 4 is 44.8 Å². The van der Waals surface area contributed by atoms with Gasteiger partial charge in [0, 0.05) is 47.7 Å². The van der Waals surface area contributed by atoms with Crippen molar-refractivity contribution in [1.29, 1.82) is 0 Å². The highest BCUT2D eigenvalue weighted by molar-refractivity contribution is 7.91. The van der Waals surface area contributed by atoms with E-state index in [1.807, 2.05) is 22.9 Å². The van der Waals surface area contributed by atoms with Gasteiger partial charge in [-0.2, -0.15) is 8.42 Å². The number of anilines is 2. The molecule has 278 valence electrons. The molecule has 2 heterocycles. The van der Waals surface area contributed by atoms with Crippen LogP contribution in [0.5, 0.6) is 0 Å². The van der Waals surface area contributed by atoms with Gasteiger partial charge in [-0.1, -0.05) is 107 Å². The van der Waals surface area contributed by atoms with Gasteiger partial charge in [0.25, 0.3) is 0 Å². The molecule has 1 aliphatic rings. The van der Waals surface area contributed by atoms with E-state index in [2.05, 4.69) is 99.7 Å². The first kappa shape index (κ1) is 38.3. The molecular formula is C42H47Cl2N5O3S. The first-order valence-electron chi connectivity index (χ1n) is 17.8. The summed E-state index contributed by atoms with van der Waals surface area (Å²) in [6.45, 7) is 15.8. The fourth-order valence-corrected chi connectivity index (χ4v) is 7.70. The molecule has 0 aliphatic carbocycles. The highest BCUT2D eigenvalue weighted by Crippen LogP contribution is 2.33. The van der Waals surface area contributed by atoms with Crippen LogP contribution in [0.15, 0.2) is 109 Å². The topological polar surface area (TPSA) is 90.7 Å². The summed E-state index contributed by atoms with van der Waals surface area (Å²) >= 11 is 12.8. The average molecular weight is 773 g/mol. The maximum Gasteiger partial charge on any atom is 0.330 e. The summed E-state index contributed by atoms with van der Waals surface area (Å²) in [4.78, 5) is 7.53. The number of hydrogen-bond acceptors (Lipinski definition) is 5. The van der Waals surface area contributed by atoms with Crippen molar-refractivity contribution in [2.75, 3.05) is 22.3 Å². The molecule has 1 aromatic heterocycles. The Bertz CT molecular complexity index is 2200. The standard InChI is InChI=1S/C42H47Cl2N5O3S/c1-41(2,3)20-22-47(23-21-42(4,5)6)33-17-14-31(15-18-33)30-12-10-29(11-13-30)24-39-45-38(36-19-16-32(43)25-37(36)44)27-48(39)34-8-7-9-35(26-34)49-28-40(50)46-53(49,51)52/h7-19,25-28,46,50H,20-24H2,1-6H3. The number of aliphatic hydroxyl groups is 1. The van der Waals surface area contributed by atoms with Crippen LogP contribution >= 0.6 is 23.2 Å². The van der Waals surface area contributed by atoms with Gasteiger partial charge in [-0.15, -0.1) is 0 Å². The lowest BCUT2D eigenvalue weighted by atomic mass is 9.90. The maximum atomic E-state index is 12.6. The molecule has 0 saturated heterocycles. The molecule has 6 rings (SSSR count). The Kier molecular flexibility index (Phi) is 10.9. The molecule has 0 amide bonds. The van der Waals surface area contributed by atoms with Crippen molar-refractivity contribution in [2.45, 2.75) is 60.8 Å². The molecule has 0 bridgehead atoms. The monoisotopic (exact) mass is 771 g/mol. The highest BCUT2D eigenvalue weighted by atomic mass is 35.5. The summed E-state index contributed by atoms with van der Waals surface area (Å²) < 4.78 is 30.3. The summed E-state index contributed by atoms with van der Waals surface area (Å²) in [6, 6.07) is 29.7. The summed E-state index contributed by atoms with van der Waals surface area (Å²) in [5, 5.41) is 10.9. The molecule has 8 nitrogen and oxygen atoms in total. The molecular weight excluding hydrogens is 725 g/mol. The van der Waals surface area contributed by atoms with Crippen LogP contribution in [0, 0.1) is 10.8 Å². The second-order valence-corrected chi connectivity index (χ2v) is 18.4. The van der Waals surface area contributed by atoms with E-state index in [1.165, 1.54) is 5.69 Å². The van der Waals surface area contributed by atoms with E-state index in [0.29, 0.717) is 33.5 Å². The van der Waals surface area contributed by atoms with E-state index in [9.17, 15) is 13.5 Å². The smallest absolute Gasteiger partial charge is 0.330 e. The van der Waals surface area contributed by atoms with E-state index in [0.717, 1.165) is 64.5 Å². The van der Waals surface area contributed by atoms with E-state index in [1.54, 1.807) is 30.3 Å². The summed E-state index contributed by atoms with van der Waals surface area (Å²) in [7, 11) is -3.96. The zero-order valence-electron chi connectivity index (χ0n) is 31.1. The van der Waals surface area contributed by atoms with Crippen molar-refractivity contribution in [2.24, 2.45) is 10.8 Å². The first-order valence-corrected chi connectivity index (χ1v) is 20.0. The lowest BCUT2D eigenvalue weighted by Gasteiger charge is -2.31. The van der Waals surface area contributed by atoms with Gasteiger partial charge in [0.2, 0.25) is 5.88 Å². The number of nitrogens with one attached hydrogen (secondary N) is 1. The van der Waals surface area contributed by atoms with Crippen molar-refractivity contribution in [3.63, 3.8) is 0 Å². The Morgan fingerprint density at radius 1 is 0.792 bits per heavy atom. The minimum Gasteiger partial charge on any atom is -0.493 e. The third-order valence-electron chi connectivity index (χ3n) is 9.23. The summed E-state index contributed by atoms with van der Waals surface area (Å²) in [5.41, 5.74) is 7.52. The number of halogens is 2. The Morgan fingerprint density at radius 2 is 1.40 bits per heavy atom. The van der Waals surface area contributed by atoms with Crippen LogP contribution in [0.3, 0.4) is 0 Å². The van der Waals surface area contributed by atoms with Crippen molar-refractivity contribution in [1.82, 2.24) is 14.3 Å². The molecule has 0 saturated carbocycles. The number of imidazole rings is 1. The molecule has 0 spiro atoms. The Hall–Kier alpha value is -4.44. The van der Waals surface area contributed by atoms with Gasteiger partial charge in [-0.05, 0) is 88.9 Å². The van der Waals surface area contributed by atoms with E-state index < -0.39 is 16.1 Å². The van der Waals surface area contributed by atoms with Crippen LogP contribution in [-0.2, 0) is 16.6 Å². The van der Waals surface area contributed by atoms with Crippen LogP contribution < -0.4 is 13.9 Å². The van der Waals surface area contributed by atoms with Gasteiger partial charge in [-0.3, -0.25) is 0 Å². The van der Waals surface area contributed by atoms with Gasteiger partial charge >= 0.3 is 10.2 Å². The molecule has 5 aromatic rings. The summed E-state index contributed by atoms with van der Waals surface area (Å²) in [5.74, 6) is 0.276. The fraction of sp³-hybridized carbons (Fsp3) is 0.310. The summed E-state index contributed by atoms with van der Waals surface area (Å²) in [6.07, 6.45) is 5.76. The quantitative estimate of drug-likeness (QED) is 0.140. The molecule has 0 fully saturated rings. The number of aliphatic hydroxyl groups excluding tert-OH is 1. The number of rotatable bonds is 11. The largest absolute Gasteiger partial charge is 0.493 e. The van der Waals surface area contributed by atoms with Crippen LogP contribution in [0.1, 0.15) is 65.8 Å². The number of hydrogen-bond donors (Lipinski definition) is 2. The van der Waals surface area contributed by atoms with Crippen LogP contribution in [0.4, 0.5) is 11.4 Å². The zero-order chi connectivity index (χ0) is 38.1. The molecule has 4 aromatic carbocycles. The molecule has 0 unspecified atom stereocenters. The predicted octanol–water partition coefficient (Wildman–Crippen LogP) is 10.8. The number of aromatic nitrogens is 2. The third-order valence-corrected chi connectivity index (χ3v) is 11.1. The van der Waals surface area contributed by atoms with Gasteiger partial charge in [0.15, 0.2) is 0 Å². The number of benzene rings is 4. The molecule has 1 aliphatic heterocycles. The normalized spacial score (nSPS) is 14.3. The van der Waals surface area contributed by atoms with E-state index >= 15 is 0 Å². The van der Waals surface area contributed by atoms with E-state index in [4.69, 9.17) is 28.2 Å². The molecule has 0 radical (unpaired) electrons. The van der Waals surface area contributed by atoms with Gasteiger partial charge in [0.05, 0.1) is 22.6 Å². The molecule has 2 N–H and O–H groups in total. The molecule has 0 atom stereocenters. The second-order valence-electron chi connectivity index (χ2n) is 16.0. The number of nitrogens with zero attached hydrogens (tertiary/aromatic N) is 4. The van der Waals surface area contributed by atoms with Crippen LogP contribution in [0.2, 0.25) is 10.0 Å². The van der Waals surface area contributed by atoms with Gasteiger partial charge < -0.3 is 14.6 Å². The average Bonchev–Trinajstić information content (AvgIpc) is 3.62. The van der Waals surface area contributed by atoms with Crippen molar-refractivity contribution in [3.05, 3.63) is 131 Å². The SMILES string of the molecule is CC(C)(C)CCN(CCC(C)(C)C)c1ccc(-c2ccc(Cc3nc(-c4ccc(Cl)cc4Cl)cn3-c3cccc(N4C=C(O)NS4(=O)=O)c3)cc2)cc1. The van der Waals surface area contributed by atoms with Crippen LogP contribution in [-0.4, -0.2) is 36.2 Å². The second kappa shape index (κ2) is 15.1. The Balaban J connectivity index is 1.27. The van der Waals surface area contributed by atoms with E-state index in [-0.39, 0.29) is 10.8 Å². The van der Waals surface area contributed by atoms with Crippen molar-refractivity contribution in [3.8, 4) is 28.1 Å². The van der Waals surface area contributed by atoms with Crippen LogP contribution in [0.25, 0.3) is 28.1 Å². The minimum absolute atomic E-state index is 0.268. The Morgan fingerprint density at radius 3 is 1.96 bits per heavy atom. The Labute approximate surface area is 323 Å². The lowest BCUT2D eigenvalue weighted by molar-refractivity contribution is 0.357. The van der Waals surface area contributed by atoms with Gasteiger partial charge in [0.1, 0.15) is 5.82 Å². The molecule has 53 heavy (non-hydrogen) atoms. The minimum atomic E-state index is -3.96. The lowest BCUT2D eigenvalue weighted by Crippen LogP contribution is -2.30. The fourth-order valence-electron chi connectivity index (χ4n) is 6.15. The predicted molar refractivity (Wildman–Crippen MR) is 219 cm³/mol. The molecule has 11 heteroatoms. The maximum absolute atomic E-state index is 12.6. The highest BCUT2D eigenvalue weighted by Gasteiger charge is 2.29. The van der Waals surface area contributed by atoms with Crippen molar-refractivity contribution < 1.29 is 13.5 Å². The first-order chi connectivity index (χ1) is 24.9. The van der Waals surface area contributed by atoms with Gasteiger partial charge in [-0.25, -0.2) is 14.0 Å². The third kappa shape index (κ3) is 9.57. The zero-order valence-corrected chi connectivity index (χ0v) is 33.4.